The molecule has 0 saturated heterocycles. The lowest BCUT2D eigenvalue weighted by atomic mass is 10.1. The van der Waals surface area contributed by atoms with E-state index in [0.29, 0.717) is 11.3 Å². The summed E-state index contributed by atoms with van der Waals surface area (Å²) in [6, 6.07) is 8.08. The maximum atomic E-state index is 13.0. The van der Waals surface area contributed by atoms with E-state index in [9.17, 15) is 18.0 Å². The van der Waals surface area contributed by atoms with Crippen LogP contribution in [0.1, 0.15) is 23.7 Å². The summed E-state index contributed by atoms with van der Waals surface area (Å²) in [5, 5.41) is 3.34. The fourth-order valence-electron chi connectivity index (χ4n) is 2.85. The van der Waals surface area contributed by atoms with Crippen LogP contribution in [0.25, 0.3) is 0 Å². The number of hydrogen-bond acceptors (Lipinski definition) is 6. The van der Waals surface area contributed by atoms with Gasteiger partial charge >= 0.3 is 0 Å². The van der Waals surface area contributed by atoms with Gasteiger partial charge in [-0.05, 0) is 42.8 Å². The number of anilines is 1. The fourth-order valence-corrected chi connectivity index (χ4v) is 4.16. The van der Waals surface area contributed by atoms with Crippen molar-refractivity contribution in [2.24, 2.45) is 22.4 Å². The largest absolute Gasteiger partial charge is 0.393 e. The Bertz CT molecular complexity index is 1120. The van der Waals surface area contributed by atoms with Crippen LogP contribution in [-0.4, -0.2) is 31.5 Å². The van der Waals surface area contributed by atoms with Crippen LogP contribution in [0.4, 0.5) is 5.69 Å². The number of aromatic nitrogens is 1. The number of rotatable bonds is 9. The minimum atomic E-state index is -4.02. The van der Waals surface area contributed by atoms with E-state index in [0.717, 1.165) is 4.57 Å². The van der Waals surface area contributed by atoms with E-state index in [2.05, 4.69) is 9.88 Å². The summed E-state index contributed by atoms with van der Waals surface area (Å²) in [6.45, 7) is 3.13. The Hall–Kier alpha value is -3.54. The molecule has 7 N–H and O–H groups in total. The topological polar surface area (TPSA) is 185 Å². The Labute approximate surface area is 173 Å². The van der Waals surface area contributed by atoms with Gasteiger partial charge in [-0.25, -0.2) is 8.42 Å². The third-order valence-corrected chi connectivity index (χ3v) is 5.77. The zero-order chi connectivity index (χ0) is 22.5. The number of sulfonamides is 1. The van der Waals surface area contributed by atoms with Crippen LogP contribution in [-0.2, 0) is 19.7 Å². The zero-order valence-electron chi connectivity index (χ0n) is 16.5. The second-order valence-corrected chi connectivity index (χ2v) is 8.14. The number of carbonyl (C=O) groups is 1. The highest BCUT2D eigenvalue weighted by Gasteiger charge is 2.24. The fraction of sp³-hybridized carbons (Fsp3) is 0.278. The molecule has 1 atom stereocenters. The smallest absolute Gasteiger partial charge is 0.275 e. The zero-order valence-corrected chi connectivity index (χ0v) is 17.3. The second kappa shape index (κ2) is 9.31. The molecule has 0 aliphatic rings. The lowest BCUT2D eigenvalue weighted by Crippen LogP contribution is -2.37. The average molecular weight is 436 g/mol. The van der Waals surface area contributed by atoms with Gasteiger partial charge in [0.25, 0.3) is 15.6 Å². The average Bonchev–Trinajstić information content (AvgIpc) is 2.65. The maximum absolute atomic E-state index is 13.0. The minimum absolute atomic E-state index is 0.0130. The molecule has 2 aromatic rings. The van der Waals surface area contributed by atoms with Gasteiger partial charge in [-0.3, -0.25) is 18.9 Å². The number of primary amides is 1. The number of aryl methyl sites for hydroxylation is 2. The van der Waals surface area contributed by atoms with E-state index >= 15 is 0 Å². The third kappa shape index (κ3) is 5.29. The number of nitrogens with two attached hydrogens (primary N) is 3. The first-order chi connectivity index (χ1) is 14.0. The van der Waals surface area contributed by atoms with E-state index in [1.807, 2.05) is 0 Å². The third-order valence-electron chi connectivity index (χ3n) is 4.24. The van der Waals surface area contributed by atoms with Crippen molar-refractivity contribution in [3.63, 3.8) is 0 Å². The molecule has 30 heavy (non-hydrogen) atoms. The number of hydrogen-bond donors (Lipinski definition) is 4. The number of guanidine groups is 1. The van der Waals surface area contributed by atoms with E-state index in [1.165, 1.54) is 18.2 Å². The number of nitrogens with one attached hydrogen (secondary N) is 1. The summed E-state index contributed by atoms with van der Waals surface area (Å²) < 4.78 is 28.9. The number of benzene rings is 1. The molecule has 1 aromatic carbocycles. The highest BCUT2D eigenvalue weighted by molar-refractivity contribution is 7.92. The van der Waals surface area contributed by atoms with Gasteiger partial charge in [-0.2, -0.15) is 0 Å². The first-order valence-corrected chi connectivity index (χ1v) is 10.3. The monoisotopic (exact) mass is 436 g/mol. The highest BCUT2D eigenvalue weighted by Crippen LogP contribution is 2.19. The molecule has 162 valence electrons. The lowest BCUT2D eigenvalue weighted by Gasteiger charge is -2.20. The van der Waals surface area contributed by atoms with Crippen LogP contribution in [0.3, 0.4) is 0 Å². The molecular formula is C18H24N6O5S. The van der Waals surface area contributed by atoms with Crippen LogP contribution >= 0.6 is 0 Å². The molecule has 0 aliphatic carbocycles. The van der Waals surface area contributed by atoms with Crippen molar-refractivity contribution in [3.8, 4) is 0 Å². The Balaban J connectivity index is 2.40. The van der Waals surface area contributed by atoms with Gasteiger partial charge in [0.1, 0.15) is 18.3 Å². The highest BCUT2D eigenvalue weighted by atomic mass is 32.2. The summed E-state index contributed by atoms with van der Waals surface area (Å²) in [6.07, 6.45) is -0.0130. The summed E-state index contributed by atoms with van der Waals surface area (Å²) in [7, 11) is -4.02. The number of pyridine rings is 1. The van der Waals surface area contributed by atoms with Crippen molar-refractivity contribution in [1.82, 2.24) is 4.57 Å². The molecular weight excluding hydrogens is 412 g/mol. The summed E-state index contributed by atoms with van der Waals surface area (Å²) in [5.74, 6) is -1.10. The summed E-state index contributed by atoms with van der Waals surface area (Å²) in [4.78, 5) is 29.9. The number of nitrogens with zero attached hydrogens (tertiary/aromatic N) is 2. The predicted octanol–water partition coefficient (Wildman–Crippen LogP) is -0.113. The molecule has 1 heterocycles. The molecule has 2 rings (SSSR count). The van der Waals surface area contributed by atoms with Gasteiger partial charge in [0.05, 0.1) is 4.90 Å². The number of carbonyl (C=O) groups excluding carboxylic acids is 1. The van der Waals surface area contributed by atoms with Crippen LogP contribution in [0.2, 0.25) is 0 Å². The van der Waals surface area contributed by atoms with E-state index < -0.39 is 27.5 Å². The standard InChI is InChI=1S/C18H24N6O5S/c1-11-5-3-4-6-15(11)30(27,28)23-13-8-7-12(2)24(17(13)26)14(16(19)25)9-10-29-22-18(20)21/h3-8,14,23H,9-10H2,1-2H3,(H2,19,25)(H4,20,21,22). The Morgan fingerprint density at radius 1 is 1.17 bits per heavy atom. The normalized spacial score (nSPS) is 12.1. The van der Waals surface area contributed by atoms with Crippen LogP contribution in [0.15, 0.2) is 51.2 Å². The van der Waals surface area contributed by atoms with Gasteiger partial charge in [-0.15, -0.1) is 0 Å². The molecule has 12 heteroatoms. The van der Waals surface area contributed by atoms with E-state index in [-0.39, 0.29) is 29.6 Å². The molecule has 1 aromatic heterocycles. The van der Waals surface area contributed by atoms with Crippen molar-refractivity contribution >= 4 is 27.6 Å². The number of oxime groups is 1. The van der Waals surface area contributed by atoms with Crippen molar-refractivity contribution < 1.29 is 18.0 Å². The molecule has 0 aliphatic heterocycles. The first kappa shape index (κ1) is 22.7. The van der Waals surface area contributed by atoms with Crippen LogP contribution in [0, 0.1) is 13.8 Å². The molecule has 0 spiro atoms. The quantitative estimate of drug-likeness (QED) is 0.183. The minimum Gasteiger partial charge on any atom is -0.393 e. The number of amides is 1. The molecule has 11 nitrogen and oxygen atoms in total. The van der Waals surface area contributed by atoms with E-state index in [1.54, 1.807) is 32.0 Å². The van der Waals surface area contributed by atoms with Crippen LogP contribution < -0.4 is 27.5 Å². The van der Waals surface area contributed by atoms with Crippen molar-refractivity contribution in [1.29, 1.82) is 0 Å². The van der Waals surface area contributed by atoms with Gasteiger partial charge in [-0.1, -0.05) is 18.2 Å². The summed E-state index contributed by atoms with van der Waals surface area (Å²) >= 11 is 0. The molecule has 1 amide bonds. The Kier molecular flexibility index (Phi) is 7.06. The predicted molar refractivity (Wildman–Crippen MR) is 112 cm³/mol. The molecule has 0 bridgehead atoms. The first-order valence-electron chi connectivity index (χ1n) is 8.85. The van der Waals surface area contributed by atoms with Gasteiger partial charge in [0, 0.05) is 12.1 Å². The maximum Gasteiger partial charge on any atom is 0.275 e. The van der Waals surface area contributed by atoms with E-state index in [4.69, 9.17) is 22.0 Å². The van der Waals surface area contributed by atoms with Gasteiger partial charge in [0.2, 0.25) is 11.9 Å². The SMILES string of the molecule is Cc1ccccc1S(=O)(=O)Nc1ccc(C)n(C(CCON=C(N)N)C(N)=O)c1=O. The van der Waals surface area contributed by atoms with Crippen LogP contribution in [0.5, 0.6) is 0 Å². The molecule has 0 fully saturated rings. The van der Waals surface area contributed by atoms with Gasteiger partial charge in [0.15, 0.2) is 0 Å². The van der Waals surface area contributed by atoms with Crippen molar-refractivity contribution in [2.75, 3.05) is 11.3 Å². The van der Waals surface area contributed by atoms with Crippen molar-refractivity contribution in [3.05, 3.63) is 58.0 Å². The molecule has 1 unspecified atom stereocenters. The summed E-state index contributed by atoms with van der Waals surface area (Å²) in [5.41, 5.74) is 15.8. The molecule has 0 radical (unpaired) electrons. The van der Waals surface area contributed by atoms with Crippen molar-refractivity contribution in [2.45, 2.75) is 31.2 Å². The van der Waals surface area contributed by atoms with Gasteiger partial charge < -0.3 is 22.0 Å². The Morgan fingerprint density at radius 2 is 1.83 bits per heavy atom. The Morgan fingerprint density at radius 3 is 2.43 bits per heavy atom. The molecule has 0 saturated carbocycles. The second-order valence-electron chi connectivity index (χ2n) is 6.49. The lowest BCUT2D eigenvalue weighted by molar-refractivity contribution is -0.121.